The van der Waals surface area contributed by atoms with Crippen molar-refractivity contribution in [1.82, 2.24) is 14.9 Å². The molecule has 3 heterocycles. The second-order valence-corrected chi connectivity index (χ2v) is 8.94. The van der Waals surface area contributed by atoms with E-state index in [9.17, 15) is 4.79 Å². The maximum absolute atomic E-state index is 12.4. The van der Waals surface area contributed by atoms with Crippen LogP contribution in [-0.2, 0) is 4.74 Å². The summed E-state index contributed by atoms with van der Waals surface area (Å²) in [6, 6.07) is 8.04. The van der Waals surface area contributed by atoms with E-state index < -0.39 is 5.60 Å². The molecule has 1 aromatic carbocycles. The van der Waals surface area contributed by atoms with Crippen molar-refractivity contribution in [3.63, 3.8) is 0 Å². The molecule has 1 saturated heterocycles. The highest BCUT2D eigenvalue weighted by molar-refractivity contribution is 6.31. The summed E-state index contributed by atoms with van der Waals surface area (Å²) in [6.07, 6.45) is 3.20. The van der Waals surface area contributed by atoms with Crippen LogP contribution in [0.1, 0.15) is 27.7 Å². The highest BCUT2D eigenvalue weighted by Gasteiger charge is 2.32. The molecule has 1 atom stereocenters. The molecule has 1 aliphatic heterocycles. The lowest BCUT2D eigenvalue weighted by molar-refractivity contribution is 0.0216. The Kier molecular flexibility index (Phi) is 5.32. The highest BCUT2D eigenvalue weighted by Crippen LogP contribution is 2.35. The molecule has 0 bridgehead atoms. The SMILES string of the molecule is C[C@H]1CN(C(=O)OC(C)(C)C)CCN1c1nc2cc(Cl)cc(-c3cccnc3)c2o1. The average Bonchev–Trinajstić information content (AvgIpc) is 3.10. The van der Waals surface area contributed by atoms with E-state index in [-0.39, 0.29) is 12.1 Å². The van der Waals surface area contributed by atoms with Crippen LogP contribution in [0.2, 0.25) is 5.02 Å². The minimum atomic E-state index is -0.514. The van der Waals surface area contributed by atoms with Gasteiger partial charge in [-0.05, 0) is 45.9 Å². The molecule has 0 N–H and O–H groups in total. The van der Waals surface area contributed by atoms with Crippen LogP contribution in [-0.4, -0.2) is 52.2 Å². The molecule has 0 unspecified atom stereocenters. The van der Waals surface area contributed by atoms with Crippen molar-refractivity contribution in [2.24, 2.45) is 0 Å². The topological polar surface area (TPSA) is 71.7 Å². The molecule has 4 rings (SSSR count). The summed E-state index contributed by atoms with van der Waals surface area (Å²) in [5.41, 5.74) is 2.61. The van der Waals surface area contributed by atoms with E-state index in [1.165, 1.54) is 0 Å². The van der Waals surface area contributed by atoms with Crippen molar-refractivity contribution < 1.29 is 13.9 Å². The predicted octanol–water partition coefficient (Wildman–Crippen LogP) is 4.99. The third-order valence-electron chi connectivity index (χ3n) is 4.94. The van der Waals surface area contributed by atoms with Crippen molar-refractivity contribution in [3.8, 4) is 11.1 Å². The van der Waals surface area contributed by atoms with E-state index in [1.54, 1.807) is 23.4 Å². The number of halogens is 1. The molecule has 0 aliphatic carbocycles. The Labute approximate surface area is 180 Å². The highest BCUT2D eigenvalue weighted by atomic mass is 35.5. The summed E-state index contributed by atoms with van der Waals surface area (Å²) >= 11 is 6.33. The number of ether oxygens (including phenoxy) is 1. The Morgan fingerprint density at radius 3 is 2.77 bits per heavy atom. The van der Waals surface area contributed by atoms with Gasteiger partial charge in [0, 0.05) is 54.2 Å². The second kappa shape index (κ2) is 7.80. The van der Waals surface area contributed by atoms with Crippen LogP contribution in [0.25, 0.3) is 22.2 Å². The summed E-state index contributed by atoms with van der Waals surface area (Å²) in [7, 11) is 0. The number of oxazole rings is 1. The summed E-state index contributed by atoms with van der Waals surface area (Å²) < 4.78 is 11.7. The van der Waals surface area contributed by atoms with Gasteiger partial charge in [0.1, 0.15) is 11.1 Å². The van der Waals surface area contributed by atoms with Crippen LogP contribution in [0.15, 0.2) is 41.1 Å². The quantitative estimate of drug-likeness (QED) is 0.572. The van der Waals surface area contributed by atoms with Gasteiger partial charge in [0.2, 0.25) is 0 Å². The molecule has 2 aromatic heterocycles. The largest absolute Gasteiger partial charge is 0.444 e. The van der Waals surface area contributed by atoms with Gasteiger partial charge >= 0.3 is 6.09 Å². The number of nitrogens with zero attached hydrogens (tertiary/aromatic N) is 4. The molecule has 0 radical (unpaired) electrons. The van der Waals surface area contributed by atoms with Crippen molar-refractivity contribution in [2.45, 2.75) is 39.3 Å². The number of amides is 1. The molecule has 0 spiro atoms. The Morgan fingerprint density at radius 1 is 1.30 bits per heavy atom. The number of rotatable bonds is 2. The van der Waals surface area contributed by atoms with Crippen LogP contribution in [0.5, 0.6) is 0 Å². The Bertz CT molecular complexity index is 1060. The monoisotopic (exact) mass is 428 g/mol. The molecule has 8 heteroatoms. The number of carbonyl (C=O) groups is 1. The van der Waals surface area contributed by atoms with Crippen LogP contribution in [0.3, 0.4) is 0 Å². The van der Waals surface area contributed by atoms with Gasteiger partial charge in [-0.1, -0.05) is 17.7 Å². The molecule has 7 nitrogen and oxygen atoms in total. The number of carbonyl (C=O) groups excluding carboxylic acids is 1. The standard InChI is InChI=1S/C22H25ClN4O3/c1-14-13-26(21(28)30-22(2,3)4)8-9-27(14)20-25-18-11-16(23)10-17(19(18)29-20)15-6-5-7-24-12-15/h5-7,10-12,14H,8-9,13H2,1-4H3/t14-/m0/s1. The number of piperazine rings is 1. The zero-order valence-electron chi connectivity index (χ0n) is 17.6. The fourth-order valence-corrected chi connectivity index (χ4v) is 3.79. The fourth-order valence-electron chi connectivity index (χ4n) is 3.58. The third kappa shape index (κ3) is 4.21. The number of anilines is 1. The van der Waals surface area contributed by atoms with Crippen molar-refractivity contribution in [3.05, 3.63) is 41.7 Å². The van der Waals surface area contributed by atoms with Gasteiger partial charge in [-0.3, -0.25) is 4.98 Å². The molecule has 1 aliphatic rings. The van der Waals surface area contributed by atoms with Gasteiger partial charge in [0.25, 0.3) is 6.01 Å². The number of pyridine rings is 1. The maximum atomic E-state index is 12.4. The fraction of sp³-hybridized carbons (Fsp3) is 0.409. The Hall–Kier alpha value is -2.80. The molecule has 30 heavy (non-hydrogen) atoms. The van der Waals surface area contributed by atoms with Crippen LogP contribution in [0.4, 0.5) is 10.8 Å². The first-order valence-corrected chi connectivity index (χ1v) is 10.3. The molecule has 1 fully saturated rings. The second-order valence-electron chi connectivity index (χ2n) is 8.51. The van der Waals surface area contributed by atoms with Gasteiger partial charge in [0.05, 0.1) is 0 Å². The predicted molar refractivity (Wildman–Crippen MR) is 117 cm³/mol. The maximum Gasteiger partial charge on any atom is 0.410 e. The van der Waals surface area contributed by atoms with E-state index >= 15 is 0 Å². The third-order valence-corrected chi connectivity index (χ3v) is 5.16. The van der Waals surface area contributed by atoms with E-state index in [0.29, 0.717) is 41.8 Å². The summed E-state index contributed by atoms with van der Waals surface area (Å²) in [5.74, 6) is 0. The van der Waals surface area contributed by atoms with Gasteiger partial charge in [-0.2, -0.15) is 4.98 Å². The van der Waals surface area contributed by atoms with Crippen LogP contribution < -0.4 is 4.90 Å². The zero-order chi connectivity index (χ0) is 21.5. The van der Waals surface area contributed by atoms with Gasteiger partial charge < -0.3 is 19.0 Å². The van der Waals surface area contributed by atoms with E-state index in [1.807, 2.05) is 45.9 Å². The number of aromatic nitrogens is 2. The molecular weight excluding hydrogens is 404 g/mol. The number of benzene rings is 1. The zero-order valence-corrected chi connectivity index (χ0v) is 18.3. The molecule has 0 saturated carbocycles. The number of fused-ring (bicyclic) bond motifs is 1. The lowest BCUT2D eigenvalue weighted by atomic mass is 10.1. The minimum Gasteiger partial charge on any atom is -0.444 e. The number of hydrogen-bond acceptors (Lipinski definition) is 6. The normalized spacial score (nSPS) is 17.4. The van der Waals surface area contributed by atoms with Crippen LogP contribution >= 0.6 is 11.6 Å². The van der Waals surface area contributed by atoms with Crippen LogP contribution in [0, 0.1) is 0 Å². The van der Waals surface area contributed by atoms with E-state index in [0.717, 1.165) is 11.1 Å². The van der Waals surface area contributed by atoms with Gasteiger partial charge in [-0.15, -0.1) is 0 Å². The molecular formula is C22H25ClN4O3. The van der Waals surface area contributed by atoms with Crippen molar-refractivity contribution in [1.29, 1.82) is 0 Å². The number of hydrogen-bond donors (Lipinski definition) is 0. The summed E-state index contributed by atoms with van der Waals surface area (Å²) in [6.45, 7) is 9.32. The molecule has 3 aromatic rings. The summed E-state index contributed by atoms with van der Waals surface area (Å²) in [4.78, 5) is 25.1. The Morgan fingerprint density at radius 2 is 2.10 bits per heavy atom. The van der Waals surface area contributed by atoms with E-state index in [4.69, 9.17) is 20.8 Å². The molecule has 1 amide bonds. The first kappa shape index (κ1) is 20.5. The van der Waals surface area contributed by atoms with Crippen molar-refractivity contribution in [2.75, 3.05) is 24.5 Å². The lowest BCUT2D eigenvalue weighted by Gasteiger charge is -2.39. The first-order valence-electron chi connectivity index (χ1n) is 9.96. The van der Waals surface area contributed by atoms with Gasteiger partial charge in [0.15, 0.2) is 5.58 Å². The first-order chi connectivity index (χ1) is 14.2. The van der Waals surface area contributed by atoms with E-state index in [2.05, 4.69) is 14.9 Å². The minimum absolute atomic E-state index is 0.0247. The molecule has 158 valence electrons. The smallest absolute Gasteiger partial charge is 0.410 e. The summed E-state index contributed by atoms with van der Waals surface area (Å²) in [5, 5.41) is 0.587. The Balaban J connectivity index is 1.60. The van der Waals surface area contributed by atoms with Gasteiger partial charge in [-0.25, -0.2) is 4.79 Å². The average molecular weight is 429 g/mol. The lowest BCUT2D eigenvalue weighted by Crippen LogP contribution is -2.54. The van der Waals surface area contributed by atoms with Crippen molar-refractivity contribution >= 4 is 34.8 Å².